The molecule has 1 saturated carbocycles. The van der Waals surface area contributed by atoms with Gasteiger partial charge in [0.2, 0.25) is 0 Å². The first-order chi connectivity index (χ1) is 12.1. The number of aromatic nitrogens is 1. The van der Waals surface area contributed by atoms with E-state index in [1.807, 2.05) is 6.20 Å². The fourth-order valence-corrected chi connectivity index (χ4v) is 4.13. The Morgan fingerprint density at radius 2 is 1.72 bits per heavy atom. The number of fused-ring (bicyclic) bond motifs is 2. The molecular formula is C20H17NO4. The van der Waals surface area contributed by atoms with Crippen LogP contribution in [0.3, 0.4) is 0 Å². The molecule has 126 valence electrons. The van der Waals surface area contributed by atoms with E-state index >= 15 is 0 Å². The molecule has 0 atom stereocenters. The average molecular weight is 335 g/mol. The first kappa shape index (κ1) is 14.4. The van der Waals surface area contributed by atoms with Crippen LogP contribution < -0.4 is 10.3 Å². The summed E-state index contributed by atoms with van der Waals surface area (Å²) >= 11 is 0. The van der Waals surface area contributed by atoms with Crippen molar-refractivity contribution in [2.45, 2.75) is 31.7 Å². The quantitative estimate of drug-likeness (QED) is 0.544. The molecule has 5 rings (SSSR count). The summed E-state index contributed by atoms with van der Waals surface area (Å²) in [5, 5.41) is 21.2. The third-order valence-corrected chi connectivity index (χ3v) is 5.32. The normalized spacial score (nSPS) is 16.0. The van der Waals surface area contributed by atoms with Crippen molar-refractivity contribution in [2.75, 3.05) is 0 Å². The SMILES string of the molecule is O=c1c2c(O)ccc3c2c(cn1C1CCCC1)-c1cc(O)ccc1O3. The predicted octanol–water partition coefficient (Wildman–Crippen LogP) is 4.30. The lowest BCUT2D eigenvalue weighted by molar-refractivity contribution is 0.461. The van der Waals surface area contributed by atoms with Gasteiger partial charge in [-0.2, -0.15) is 0 Å². The van der Waals surface area contributed by atoms with E-state index in [1.165, 1.54) is 6.07 Å². The molecule has 0 spiro atoms. The second-order valence-electron chi connectivity index (χ2n) is 6.81. The summed E-state index contributed by atoms with van der Waals surface area (Å²) in [6, 6.07) is 8.27. The molecule has 2 N–H and O–H groups in total. The Kier molecular flexibility index (Phi) is 2.89. The van der Waals surface area contributed by atoms with Gasteiger partial charge in [0.05, 0.1) is 5.39 Å². The van der Waals surface area contributed by atoms with Gasteiger partial charge >= 0.3 is 0 Å². The lowest BCUT2D eigenvalue weighted by atomic mass is 9.95. The van der Waals surface area contributed by atoms with Crippen LogP contribution in [0.25, 0.3) is 21.9 Å². The molecule has 0 unspecified atom stereocenters. The topological polar surface area (TPSA) is 71.7 Å². The number of hydrogen-bond donors (Lipinski definition) is 2. The number of aromatic hydroxyl groups is 2. The Hall–Kier alpha value is -2.95. The maximum Gasteiger partial charge on any atom is 0.262 e. The zero-order valence-corrected chi connectivity index (χ0v) is 13.5. The minimum atomic E-state index is -0.183. The molecule has 1 fully saturated rings. The summed E-state index contributed by atoms with van der Waals surface area (Å²) in [5.74, 6) is 1.29. The smallest absolute Gasteiger partial charge is 0.262 e. The monoisotopic (exact) mass is 335 g/mol. The molecule has 25 heavy (non-hydrogen) atoms. The highest BCUT2D eigenvalue weighted by atomic mass is 16.5. The van der Waals surface area contributed by atoms with Crippen LogP contribution in [0.4, 0.5) is 0 Å². The lowest BCUT2D eigenvalue weighted by Gasteiger charge is -2.24. The standard InChI is InChI=1S/C20H17NO4/c22-12-5-7-16-13(9-12)14-10-21(11-3-1-2-4-11)20(24)19-15(23)6-8-17(25-16)18(14)19/h5-11,22-23H,1-4H2. The van der Waals surface area contributed by atoms with Gasteiger partial charge in [0.25, 0.3) is 5.56 Å². The van der Waals surface area contributed by atoms with Crippen LogP contribution in [0.15, 0.2) is 41.3 Å². The van der Waals surface area contributed by atoms with Gasteiger partial charge in [-0.15, -0.1) is 0 Å². The summed E-state index contributed by atoms with van der Waals surface area (Å²) in [4.78, 5) is 13.1. The van der Waals surface area contributed by atoms with E-state index in [1.54, 1.807) is 28.8 Å². The van der Waals surface area contributed by atoms with E-state index in [0.717, 1.165) is 36.8 Å². The number of pyridine rings is 1. The summed E-state index contributed by atoms with van der Waals surface area (Å²) < 4.78 is 7.67. The van der Waals surface area contributed by atoms with Crippen LogP contribution >= 0.6 is 0 Å². The van der Waals surface area contributed by atoms with Crippen molar-refractivity contribution in [1.82, 2.24) is 4.57 Å². The summed E-state index contributed by atoms with van der Waals surface area (Å²) in [5.41, 5.74) is 1.36. The van der Waals surface area contributed by atoms with Gasteiger partial charge in [-0.05, 0) is 43.2 Å². The van der Waals surface area contributed by atoms with Crippen molar-refractivity contribution in [3.63, 3.8) is 0 Å². The van der Waals surface area contributed by atoms with Crippen molar-refractivity contribution < 1.29 is 14.9 Å². The molecule has 2 heterocycles. The maximum atomic E-state index is 13.1. The van der Waals surface area contributed by atoms with E-state index in [0.29, 0.717) is 16.9 Å². The average Bonchev–Trinajstić information content (AvgIpc) is 3.13. The zero-order chi connectivity index (χ0) is 17.1. The molecule has 2 aliphatic rings. The van der Waals surface area contributed by atoms with Crippen molar-refractivity contribution in [1.29, 1.82) is 0 Å². The number of rotatable bonds is 1. The first-order valence-electron chi connectivity index (χ1n) is 8.55. The second-order valence-corrected chi connectivity index (χ2v) is 6.81. The van der Waals surface area contributed by atoms with E-state index in [-0.39, 0.29) is 28.5 Å². The summed E-state index contributed by atoms with van der Waals surface area (Å²) in [6.45, 7) is 0. The van der Waals surface area contributed by atoms with E-state index in [4.69, 9.17) is 4.74 Å². The third kappa shape index (κ3) is 1.98. The summed E-state index contributed by atoms with van der Waals surface area (Å²) in [7, 11) is 0. The first-order valence-corrected chi connectivity index (χ1v) is 8.55. The van der Waals surface area contributed by atoms with Gasteiger partial charge in [-0.1, -0.05) is 12.8 Å². The second kappa shape index (κ2) is 5.02. The van der Waals surface area contributed by atoms with Crippen LogP contribution in [0, 0.1) is 0 Å². The highest BCUT2D eigenvalue weighted by Gasteiger charge is 2.27. The van der Waals surface area contributed by atoms with Crippen molar-refractivity contribution >= 4 is 10.8 Å². The minimum Gasteiger partial charge on any atom is -0.508 e. The number of nitrogens with zero attached hydrogens (tertiary/aromatic N) is 1. The van der Waals surface area contributed by atoms with Crippen LogP contribution in [0.2, 0.25) is 0 Å². The molecule has 0 amide bonds. The largest absolute Gasteiger partial charge is 0.508 e. The molecule has 1 aliphatic carbocycles. The van der Waals surface area contributed by atoms with Crippen LogP contribution in [-0.2, 0) is 0 Å². The molecule has 0 radical (unpaired) electrons. The van der Waals surface area contributed by atoms with E-state index in [2.05, 4.69) is 0 Å². The van der Waals surface area contributed by atoms with Crippen molar-refractivity contribution in [3.05, 3.63) is 46.9 Å². The number of hydrogen-bond acceptors (Lipinski definition) is 4. The molecule has 2 aromatic carbocycles. The van der Waals surface area contributed by atoms with E-state index in [9.17, 15) is 15.0 Å². The molecule has 5 nitrogen and oxygen atoms in total. The van der Waals surface area contributed by atoms with Crippen molar-refractivity contribution in [2.24, 2.45) is 0 Å². The molecule has 0 bridgehead atoms. The van der Waals surface area contributed by atoms with Gasteiger partial charge in [0.15, 0.2) is 0 Å². The fourth-order valence-electron chi connectivity index (χ4n) is 4.13. The van der Waals surface area contributed by atoms with Gasteiger partial charge in [0.1, 0.15) is 23.0 Å². The number of phenolic OH excluding ortho intramolecular Hbond substituents is 2. The van der Waals surface area contributed by atoms with Gasteiger partial charge in [0, 0.05) is 28.8 Å². The molecule has 5 heteroatoms. The molecule has 1 aliphatic heterocycles. The van der Waals surface area contributed by atoms with Crippen LogP contribution in [0.1, 0.15) is 31.7 Å². The molecule has 1 aromatic heterocycles. The minimum absolute atomic E-state index is 0.0375. The van der Waals surface area contributed by atoms with Crippen LogP contribution in [-0.4, -0.2) is 14.8 Å². The van der Waals surface area contributed by atoms with Gasteiger partial charge in [-0.3, -0.25) is 4.79 Å². The summed E-state index contributed by atoms with van der Waals surface area (Å²) in [6.07, 6.45) is 6.02. The number of ether oxygens (including phenoxy) is 1. The van der Waals surface area contributed by atoms with Crippen LogP contribution in [0.5, 0.6) is 23.0 Å². The Balaban J connectivity index is 1.92. The van der Waals surface area contributed by atoms with E-state index < -0.39 is 0 Å². The molecule has 0 saturated heterocycles. The number of benzene rings is 2. The van der Waals surface area contributed by atoms with Crippen molar-refractivity contribution in [3.8, 4) is 34.1 Å². The highest BCUT2D eigenvalue weighted by molar-refractivity contribution is 6.05. The lowest BCUT2D eigenvalue weighted by Crippen LogP contribution is -2.24. The Bertz CT molecular complexity index is 1080. The Labute approximate surface area is 143 Å². The third-order valence-electron chi connectivity index (χ3n) is 5.32. The Morgan fingerprint density at radius 3 is 2.52 bits per heavy atom. The maximum absolute atomic E-state index is 13.1. The number of phenols is 2. The molecular weight excluding hydrogens is 318 g/mol. The van der Waals surface area contributed by atoms with Gasteiger partial charge < -0.3 is 19.5 Å². The van der Waals surface area contributed by atoms with Gasteiger partial charge in [-0.25, -0.2) is 0 Å². The Morgan fingerprint density at radius 1 is 0.960 bits per heavy atom. The zero-order valence-electron chi connectivity index (χ0n) is 13.5. The fraction of sp³-hybridized carbons (Fsp3) is 0.250. The molecule has 3 aromatic rings. The highest BCUT2D eigenvalue weighted by Crippen LogP contribution is 2.48. The predicted molar refractivity (Wildman–Crippen MR) is 94.6 cm³/mol.